The average Bonchev–Trinajstić information content (AvgIpc) is 2.11. The van der Waals surface area contributed by atoms with E-state index in [0.717, 1.165) is 26.2 Å². The van der Waals surface area contributed by atoms with Crippen molar-refractivity contribution in [2.24, 2.45) is 11.7 Å². The number of hydrogen-bond donors (Lipinski definition) is 1. The summed E-state index contributed by atoms with van der Waals surface area (Å²) in [7, 11) is 0. The quantitative estimate of drug-likeness (QED) is 0.803. The van der Waals surface area contributed by atoms with Crippen LogP contribution in [0, 0.1) is 5.92 Å². The Morgan fingerprint density at radius 3 is 2.12 bits per heavy atom. The fraction of sp³-hybridized carbons (Fsp3) is 1.00. The second-order valence-corrected chi connectivity index (χ2v) is 6.68. The van der Waals surface area contributed by atoms with E-state index in [-0.39, 0.29) is 11.2 Å². The third kappa shape index (κ3) is 4.94. The van der Waals surface area contributed by atoms with Crippen molar-refractivity contribution in [3.8, 4) is 0 Å². The van der Waals surface area contributed by atoms with Crippen molar-refractivity contribution in [1.82, 2.24) is 4.90 Å². The second kappa shape index (κ2) is 5.68. The van der Waals surface area contributed by atoms with Gasteiger partial charge in [-0.05, 0) is 46.6 Å². The molecule has 0 saturated carbocycles. The first kappa shape index (κ1) is 14.9. The summed E-state index contributed by atoms with van der Waals surface area (Å²) < 4.78 is 6.09. The fourth-order valence-electron chi connectivity index (χ4n) is 3.13. The van der Waals surface area contributed by atoms with Gasteiger partial charge in [-0.25, -0.2) is 0 Å². The standard InChI is InChI=1S/C14H30N2O/c1-6-7-12(8-15)9-16-10-13(2,3)17-14(4,5)11-16/h12H,6-11,15H2,1-5H3. The van der Waals surface area contributed by atoms with Gasteiger partial charge < -0.3 is 10.5 Å². The summed E-state index contributed by atoms with van der Waals surface area (Å²) in [6, 6.07) is 0. The minimum atomic E-state index is -0.0485. The molecule has 0 aliphatic carbocycles. The third-order valence-corrected chi connectivity index (χ3v) is 3.31. The minimum absolute atomic E-state index is 0.0485. The van der Waals surface area contributed by atoms with Crippen LogP contribution >= 0.6 is 0 Å². The van der Waals surface area contributed by atoms with Crippen LogP contribution in [0.3, 0.4) is 0 Å². The number of hydrogen-bond acceptors (Lipinski definition) is 3. The highest BCUT2D eigenvalue weighted by Crippen LogP contribution is 2.28. The smallest absolute Gasteiger partial charge is 0.0760 e. The Labute approximate surface area is 107 Å². The molecule has 1 atom stereocenters. The molecule has 1 saturated heterocycles. The van der Waals surface area contributed by atoms with E-state index in [1.165, 1.54) is 12.8 Å². The molecule has 0 aromatic rings. The summed E-state index contributed by atoms with van der Waals surface area (Å²) in [5.41, 5.74) is 5.76. The van der Waals surface area contributed by atoms with Gasteiger partial charge in [0, 0.05) is 19.6 Å². The molecule has 1 aliphatic heterocycles. The lowest BCUT2D eigenvalue weighted by atomic mass is 9.96. The van der Waals surface area contributed by atoms with Crippen LogP contribution in [0.1, 0.15) is 47.5 Å². The lowest BCUT2D eigenvalue weighted by molar-refractivity contribution is -0.182. The van der Waals surface area contributed by atoms with Crippen molar-refractivity contribution in [3.05, 3.63) is 0 Å². The van der Waals surface area contributed by atoms with Gasteiger partial charge >= 0.3 is 0 Å². The zero-order valence-electron chi connectivity index (χ0n) is 12.3. The topological polar surface area (TPSA) is 38.5 Å². The monoisotopic (exact) mass is 242 g/mol. The van der Waals surface area contributed by atoms with Crippen LogP contribution in [0.2, 0.25) is 0 Å². The molecular weight excluding hydrogens is 212 g/mol. The first-order valence-electron chi connectivity index (χ1n) is 6.90. The Morgan fingerprint density at radius 2 is 1.71 bits per heavy atom. The average molecular weight is 242 g/mol. The lowest BCUT2D eigenvalue weighted by Crippen LogP contribution is -2.58. The SMILES string of the molecule is CCCC(CN)CN1CC(C)(C)OC(C)(C)C1. The summed E-state index contributed by atoms with van der Waals surface area (Å²) in [5.74, 6) is 0.629. The van der Waals surface area contributed by atoms with E-state index in [4.69, 9.17) is 10.5 Å². The summed E-state index contributed by atoms with van der Waals surface area (Å²) in [5, 5.41) is 0. The highest BCUT2D eigenvalue weighted by molar-refractivity contribution is 4.89. The molecule has 17 heavy (non-hydrogen) atoms. The second-order valence-electron chi connectivity index (χ2n) is 6.68. The summed E-state index contributed by atoms with van der Waals surface area (Å²) in [6.45, 7) is 14.9. The number of nitrogens with zero attached hydrogens (tertiary/aromatic N) is 1. The molecule has 102 valence electrons. The van der Waals surface area contributed by atoms with Crippen LogP contribution in [-0.4, -0.2) is 42.3 Å². The van der Waals surface area contributed by atoms with Crippen molar-refractivity contribution in [2.75, 3.05) is 26.2 Å². The van der Waals surface area contributed by atoms with E-state index in [2.05, 4.69) is 39.5 Å². The molecule has 0 aromatic carbocycles. The van der Waals surface area contributed by atoms with Crippen molar-refractivity contribution in [3.63, 3.8) is 0 Å². The minimum Gasteiger partial charge on any atom is -0.367 e. The summed E-state index contributed by atoms with van der Waals surface area (Å²) in [6.07, 6.45) is 2.45. The molecule has 3 heteroatoms. The first-order valence-corrected chi connectivity index (χ1v) is 6.90. The van der Waals surface area contributed by atoms with Gasteiger partial charge in [-0.15, -0.1) is 0 Å². The normalized spacial score (nSPS) is 25.8. The van der Waals surface area contributed by atoms with Crippen molar-refractivity contribution in [1.29, 1.82) is 0 Å². The number of morpholine rings is 1. The number of rotatable bonds is 5. The van der Waals surface area contributed by atoms with Crippen LogP contribution in [-0.2, 0) is 4.74 Å². The van der Waals surface area contributed by atoms with Crippen LogP contribution < -0.4 is 5.73 Å². The predicted octanol–water partition coefficient (Wildman–Crippen LogP) is 2.25. The Morgan fingerprint density at radius 1 is 1.18 bits per heavy atom. The molecule has 1 heterocycles. The molecule has 0 aromatic heterocycles. The van der Waals surface area contributed by atoms with Crippen molar-refractivity contribution < 1.29 is 4.74 Å². The Kier molecular flexibility index (Phi) is 4.99. The fourth-order valence-corrected chi connectivity index (χ4v) is 3.13. The van der Waals surface area contributed by atoms with Gasteiger partial charge in [0.2, 0.25) is 0 Å². The summed E-state index contributed by atoms with van der Waals surface area (Å²) in [4.78, 5) is 2.52. The molecule has 2 N–H and O–H groups in total. The van der Waals surface area contributed by atoms with Crippen LogP contribution in [0.5, 0.6) is 0 Å². The highest BCUT2D eigenvalue weighted by Gasteiger charge is 2.38. The van der Waals surface area contributed by atoms with E-state index in [0.29, 0.717) is 5.92 Å². The maximum Gasteiger partial charge on any atom is 0.0760 e. The van der Waals surface area contributed by atoms with Gasteiger partial charge in [-0.1, -0.05) is 13.3 Å². The lowest BCUT2D eigenvalue weighted by Gasteiger charge is -2.48. The zero-order valence-corrected chi connectivity index (χ0v) is 12.3. The molecule has 0 radical (unpaired) electrons. The van der Waals surface area contributed by atoms with Crippen molar-refractivity contribution >= 4 is 0 Å². The van der Waals surface area contributed by atoms with E-state index in [1.54, 1.807) is 0 Å². The van der Waals surface area contributed by atoms with Gasteiger partial charge in [0.25, 0.3) is 0 Å². The maximum absolute atomic E-state index is 6.09. The van der Waals surface area contributed by atoms with E-state index in [9.17, 15) is 0 Å². The van der Waals surface area contributed by atoms with E-state index >= 15 is 0 Å². The Hall–Kier alpha value is -0.120. The van der Waals surface area contributed by atoms with Gasteiger partial charge in [-0.3, -0.25) is 4.90 Å². The molecule has 1 aliphatic rings. The highest BCUT2D eigenvalue weighted by atomic mass is 16.5. The van der Waals surface area contributed by atoms with E-state index < -0.39 is 0 Å². The molecule has 1 fully saturated rings. The molecule has 1 rings (SSSR count). The van der Waals surface area contributed by atoms with Crippen LogP contribution in [0.4, 0.5) is 0 Å². The van der Waals surface area contributed by atoms with E-state index in [1.807, 2.05) is 0 Å². The molecular formula is C14H30N2O. The molecule has 0 spiro atoms. The molecule has 0 amide bonds. The van der Waals surface area contributed by atoms with Crippen molar-refractivity contribution in [2.45, 2.75) is 58.7 Å². The Bertz CT molecular complexity index is 222. The first-order chi connectivity index (χ1) is 7.78. The zero-order chi connectivity index (χ0) is 13.1. The van der Waals surface area contributed by atoms with Crippen LogP contribution in [0.15, 0.2) is 0 Å². The Balaban J connectivity index is 2.58. The van der Waals surface area contributed by atoms with Gasteiger partial charge in [0.05, 0.1) is 11.2 Å². The van der Waals surface area contributed by atoms with Gasteiger partial charge in [-0.2, -0.15) is 0 Å². The molecule has 1 unspecified atom stereocenters. The summed E-state index contributed by atoms with van der Waals surface area (Å²) >= 11 is 0. The molecule has 0 bridgehead atoms. The predicted molar refractivity (Wildman–Crippen MR) is 73.1 cm³/mol. The van der Waals surface area contributed by atoms with Crippen LogP contribution in [0.25, 0.3) is 0 Å². The molecule has 3 nitrogen and oxygen atoms in total. The maximum atomic E-state index is 6.09. The number of nitrogens with two attached hydrogens (primary N) is 1. The third-order valence-electron chi connectivity index (χ3n) is 3.31. The van der Waals surface area contributed by atoms with Gasteiger partial charge in [0.1, 0.15) is 0 Å². The number of ether oxygens (including phenoxy) is 1. The largest absolute Gasteiger partial charge is 0.367 e. The van der Waals surface area contributed by atoms with Gasteiger partial charge in [0.15, 0.2) is 0 Å².